The Morgan fingerprint density at radius 1 is 0.968 bits per heavy atom. The van der Waals surface area contributed by atoms with Crippen LogP contribution >= 0.6 is 11.6 Å². The highest BCUT2D eigenvalue weighted by Gasteiger charge is 2.25. The second kappa shape index (κ2) is 7.71. The standard InChI is InChI=1S/C26H20ClNO3/c27-22-8-6-18(7-9-22)25(29)28-12-11-21-14-16(1-10-24(21)28)13-20-5-4-19(17-2-3-17)15-23(20)26(30)31/h1,4-12,14-15,17H,2-3,13H2,(H,30,31). The van der Waals surface area contributed by atoms with Gasteiger partial charge in [0.1, 0.15) is 0 Å². The number of carboxylic acid groups (broad SMARTS) is 1. The third-order valence-corrected chi connectivity index (χ3v) is 6.12. The van der Waals surface area contributed by atoms with Crippen molar-refractivity contribution >= 4 is 34.4 Å². The van der Waals surface area contributed by atoms with Crippen LogP contribution in [0, 0.1) is 0 Å². The molecule has 0 bridgehead atoms. The van der Waals surface area contributed by atoms with Crippen LogP contribution in [0.3, 0.4) is 0 Å². The highest BCUT2D eigenvalue weighted by molar-refractivity contribution is 6.30. The molecule has 4 nitrogen and oxygen atoms in total. The second-order valence-electron chi connectivity index (χ2n) is 8.06. The molecule has 4 aromatic rings. The van der Waals surface area contributed by atoms with Crippen LogP contribution < -0.4 is 0 Å². The summed E-state index contributed by atoms with van der Waals surface area (Å²) in [6.07, 6.45) is 4.57. The summed E-state index contributed by atoms with van der Waals surface area (Å²) in [7, 11) is 0. The van der Waals surface area contributed by atoms with E-state index in [1.807, 2.05) is 36.4 Å². The Morgan fingerprint density at radius 2 is 1.74 bits per heavy atom. The summed E-state index contributed by atoms with van der Waals surface area (Å²) >= 11 is 5.92. The van der Waals surface area contributed by atoms with Crippen molar-refractivity contribution in [3.05, 3.63) is 106 Å². The predicted molar refractivity (Wildman–Crippen MR) is 121 cm³/mol. The molecule has 1 aliphatic carbocycles. The Morgan fingerprint density at radius 3 is 2.45 bits per heavy atom. The number of nitrogens with zero attached hydrogens (tertiary/aromatic N) is 1. The molecule has 5 heteroatoms. The first-order chi connectivity index (χ1) is 15.0. The highest BCUT2D eigenvalue weighted by atomic mass is 35.5. The van der Waals surface area contributed by atoms with Crippen LogP contribution in [0.1, 0.15) is 56.2 Å². The molecule has 1 aliphatic rings. The Balaban J connectivity index is 1.44. The van der Waals surface area contributed by atoms with Crippen LogP contribution in [-0.2, 0) is 6.42 Å². The summed E-state index contributed by atoms with van der Waals surface area (Å²) in [6.45, 7) is 0. The third kappa shape index (κ3) is 3.87. The summed E-state index contributed by atoms with van der Waals surface area (Å²) in [5.74, 6) is -0.497. The smallest absolute Gasteiger partial charge is 0.335 e. The van der Waals surface area contributed by atoms with Gasteiger partial charge in [-0.25, -0.2) is 4.79 Å². The van der Waals surface area contributed by atoms with Gasteiger partial charge in [-0.05, 0) is 90.4 Å². The zero-order valence-electron chi connectivity index (χ0n) is 16.7. The number of carbonyl (C=O) groups excluding carboxylic acids is 1. The zero-order chi connectivity index (χ0) is 21.5. The fraction of sp³-hybridized carbons (Fsp3) is 0.154. The number of carboxylic acids is 1. The van der Waals surface area contributed by atoms with Gasteiger partial charge >= 0.3 is 5.97 Å². The molecule has 1 aromatic heterocycles. The normalized spacial score (nSPS) is 13.5. The summed E-state index contributed by atoms with van der Waals surface area (Å²) in [5, 5.41) is 11.2. The van der Waals surface area contributed by atoms with Crippen LogP contribution in [-0.4, -0.2) is 21.6 Å². The van der Waals surface area contributed by atoms with Gasteiger partial charge in [0.25, 0.3) is 5.91 Å². The monoisotopic (exact) mass is 429 g/mol. The van der Waals surface area contributed by atoms with E-state index in [-0.39, 0.29) is 5.91 Å². The number of carbonyl (C=O) groups is 2. The van der Waals surface area contributed by atoms with Gasteiger partial charge in [-0.15, -0.1) is 0 Å². The van der Waals surface area contributed by atoms with Crippen molar-refractivity contribution in [2.24, 2.45) is 0 Å². The Kier molecular flexibility index (Phi) is 4.87. The van der Waals surface area contributed by atoms with Crippen molar-refractivity contribution in [2.45, 2.75) is 25.2 Å². The van der Waals surface area contributed by atoms with E-state index >= 15 is 0 Å². The quantitative estimate of drug-likeness (QED) is 0.414. The summed E-state index contributed by atoms with van der Waals surface area (Å²) in [6, 6.07) is 20.4. The van der Waals surface area contributed by atoms with Gasteiger partial charge in [-0.1, -0.05) is 29.8 Å². The van der Waals surface area contributed by atoms with Gasteiger partial charge in [0.2, 0.25) is 0 Å². The van der Waals surface area contributed by atoms with Crippen LogP contribution in [0.4, 0.5) is 0 Å². The Labute approximate surface area is 184 Å². The van der Waals surface area contributed by atoms with Crippen LogP contribution in [0.2, 0.25) is 5.02 Å². The molecule has 0 spiro atoms. The molecule has 0 saturated heterocycles. The van der Waals surface area contributed by atoms with E-state index in [0.717, 1.165) is 40.4 Å². The second-order valence-corrected chi connectivity index (χ2v) is 8.50. The minimum absolute atomic E-state index is 0.122. The molecule has 0 radical (unpaired) electrons. The van der Waals surface area contributed by atoms with Gasteiger partial charge < -0.3 is 5.11 Å². The molecule has 1 N–H and O–H groups in total. The molecule has 0 unspecified atom stereocenters. The molecule has 5 rings (SSSR count). The number of hydrogen-bond donors (Lipinski definition) is 1. The van der Waals surface area contributed by atoms with Crippen molar-refractivity contribution in [1.82, 2.24) is 4.57 Å². The van der Waals surface area contributed by atoms with Crippen molar-refractivity contribution < 1.29 is 14.7 Å². The van der Waals surface area contributed by atoms with Gasteiger partial charge in [-0.2, -0.15) is 0 Å². The fourth-order valence-electron chi connectivity index (χ4n) is 4.05. The third-order valence-electron chi connectivity index (χ3n) is 5.87. The molecule has 0 aliphatic heterocycles. The van der Waals surface area contributed by atoms with Gasteiger partial charge in [-0.3, -0.25) is 9.36 Å². The average molecular weight is 430 g/mol. The SMILES string of the molecule is O=C(O)c1cc(C2CC2)ccc1Cc1ccc2c(ccn2C(=O)c2ccc(Cl)cc2)c1. The molecule has 1 saturated carbocycles. The van der Waals surface area contributed by atoms with Crippen molar-refractivity contribution in [3.63, 3.8) is 0 Å². The Hall–Kier alpha value is -3.37. The molecule has 0 amide bonds. The van der Waals surface area contributed by atoms with Gasteiger partial charge in [0.15, 0.2) is 0 Å². The van der Waals surface area contributed by atoms with Crippen LogP contribution in [0.25, 0.3) is 10.9 Å². The zero-order valence-corrected chi connectivity index (χ0v) is 17.5. The number of aromatic carboxylic acids is 1. The number of halogens is 1. The first-order valence-electron chi connectivity index (χ1n) is 10.3. The van der Waals surface area contributed by atoms with E-state index < -0.39 is 5.97 Å². The molecule has 31 heavy (non-hydrogen) atoms. The summed E-state index contributed by atoms with van der Waals surface area (Å²) in [4.78, 5) is 24.7. The van der Waals surface area contributed by atoms with E-state index in [1.165, 1.54) is 0 Å². The summed E-state index contributed by atoms with van der Waals surface area (Å²) < 4.78 is 1.62. The minimum Gasteiger partial charge on any atom is -0.478 e. The molecule has 154 valence electrons. The maximum Gasteiger partial charge on any atom is 0.335 e. The molecule has 1 heterocycles. The van der Waals surface area contributed by atoms with E-state index in [0.29, 0.717) is 28.5 Å². The Bertz CT molecular complexity index is 1320. The first-order valence-corrected chi connectivity index (χ1v) is 10.6. The lowest BCUT2D eigenvalue weighted by molar-refractivity contribution is 0.0695. The van der Waals surface area contributed by atoms with Gasteiger partial charge in [0, 0.05) is 22.2 Å². The average Bonchev–Trinajstić information content (AvgIpc) is 3.53. The number of hydrogen-bond acceptors (Lipinski definition) is 2. The van der Waals surface area contributed by atoms with Gasteiger partial charge in [0.05, 0.1) is 11.1 Å². The molecular weight excluding hydrogens is 410 g/mol. The number of fused-ring (bicyclic) bond motifs is 1. The molecule has 0 atom stereocenters. The van der Waals surface area contributed by atoms with E-state index in [9.17, 15) is 14.7 Å². The summed E-state index contributed by atoms with van der Waals surface area (Å²) in [5.41, 5.74) is 4.67. The van der Waals surface area contributed by atoms with Crippen molar-refractivity contribution in [1.29, 1.82) is 0 Å². The number of aromatic nitrogens is 1. The fourth-order valence-corrected chi connectivity index (χ4v) is 4.17. The van der Waals surface area contributed by atoms with Crippen LogP contribution in [0.5, 0.6) is 0 Å². The largest absolute Gasteiger partial charge is 0.478 e. The van der Waals surface area contributed by atoms with Crippen LogP contribution in [0.15, 0.2) is 72.9 Å². The van der Waals surface area contributed by atoms with E-state index in [2.05, 4.69) is 6.07 Å². The first kappa shape index (κ1) is 19.6. The maximum absolute atomic E-state index is 12.9. The lowest BCUT2D eigenvalue weighted by Crippen LogP contribution is -2.10. The van der Waals surface area contributed by atoms with Crippen molar-refractivity contribution in [2.75, 3.05) is 0 Å². The van der Waals surface area contributed by atoms with E-state index in [1.54, 1.807) is 35.0 Å². The van der Waals surface area contributed by atoms with E-state index in [4.69, 9.17) is 11.6 Å². The lowest BCUT2D eigenvalue weighted by Gasteiger charge is -2.10. The molecule has 3 aromatic carbocycles. The number of benzene rings is 3. The minimum atomic E-state index is -0.890. The number of rotatable bonds is 5. The lowest BCUT2D eigenvalue weighted by atomic mass is 9.96. The topological polar surface area (TPSA) is 59.3 Å². The maximum atomic E-state index is 12.9. The predicted octanol–water partition coefficient (Wildman–Crippen LogP) is 6.15. The molecule has 1 fully saturated rings. The molecular formula is C26H20ClNO3. The highest BCUT2D eigenvalue weighted by Crippen LogP contribution is 2.40. The van der Waals surface area contributed by atoms with Crippen molar-refractivity contribution in [3.8, 4) is 0 Å².